The van der Waals surface area contributed by atoms with Gasteiger partial charge in [-0.3, -0.25) is 4.79 Å². The Morgan fingerprint density at radius 3 is 2.40 bits per heavy atom. The number of nitrogens with two attached hydrogens (primary N) is 1. The number of benzene rings is 2. The van der Waals surface area contributed by atoms with Crippen molar-refractivity contribution in [1.29, 1.82) is 0 Å². The molecule has 2 aromatic rings. The molecule has 0 radical (unpaired) electrons. The van der Waals surface area contributed by atoms with E-state index in [0.29, 0.717) is 6.07 Å². The molecule has 0 aliphatic heterocycles. The first-order valence-corrected chi connectivity index (χ1v) is 6.18. The molecule has 0 atom stereocenters. The van der Waals surface area contributed by atoms with Crippen LogP contribution in [0.25, 0.3) is 0 Å². The molecule has 0 aliphatic carbocycles. The Labute approximate surface area is 120 Å². The van der Waals surface area contributed by atoms with Crippen molar-refractivity contribution in [1.82, 2.24) is 0 Å². The second-order valence-electron chi connectivity index (χ2n) is 3.94. The molecule has 0 saturated carbocycles. The van der Waals surface area contributed by atoms with E-state index >= 15 is 0 Å². The minimum Gasteiger partial charge on any atom is -0.396 e. The van der Waals surface area contributed by atoms with Crippen molar-refractivity contribution in [2.75, 3.05) is 11.1 Å². The van der Waals surface area contributed by atoms with Crippen molar-refractivity contribution in [3.05, 3.63) is 57.8 Å². The van der Waals surface area contributed by atoms with Gasteiger partial charge >= 0.3 is 0 Å². The zero-order chi connectivity index (χ0) is 14.9. The first-order valence-electron chi connectivity index (χ1n) is 5.39. The van der Waals surface area contributed by atoms with Gasteiger partial charge in [-0.2, -0.15) is 0 Å². The molecule has 0 fully saturated rings. The average molecular weight is 345 g/mol. The van der Waals surface area contributed by atoms with Crippen molar-refractivity contribution in [2.24, 2.45) is 0 Å². The number of nitrogen functional groups attached to an aromatic ring is 1. The van der Waals surface area contributed by atoms with Gasteiger partial charge in [-0.05, 0) is 40.2 Å². The van der Waals surface area contributed by atoms with Crippen LogP contribution in [0.2, 0.25) is 0 Å². The highest BCUT2D eigenvalue weighted by Crippen LogP contribution is 2.24. The van der Waals surface area contributed by atoms with Crippen LogP contribution in [0, 0.1) is 17.5 Å². The number of hydrogen-bond donors (Lipinski definition) is 2. The van der Waals surface area contributed by atoms with Crippen molar-refractivity contribution < 1.29 is 18.0 Å². The van der Waals surface area contributed by atoms with Crippen LogP contribution >= 0.6 is 15.9 Å². The van der Waals surface area contributed by atoms with E-state index in [4.69, 9.17) is 5.73 Å². The Morgan fingerprint density at radius 2 is 1.75 bits per heavy atom. The molecule has 104 valence electrons. The van der Waals surface area contributed by atoms with Gasteiger partial charge in [-0.1, -0.05) is 0 Å². The molecular formula is C13H8BrF3N2O. The Hall–Kier alpha value is -2.02. The van der Waals surface area contributed by atoms with Crippen LogP contribution in [0.15, 0.2) is 34.8 Å². The van der Waals surface area contributed by atoms with Crippen LogP contribution in [-0.4, -0.2) is 5.91 Å². The highest BCUT2D eigenvalue weighted by atomic mass is 79.9. The molecule has 0 heterocycles. The quantitative estimate of drug-likeness (QED) is 0.644. The predicted molar refractivity (Wildman–Crippen MR) is 72.8 cm³/mol. The zero-order valence-corrected chi connectivity index (χ0v) is 11.5. The Kier molecular flexibility index (Phi) is 3.99. The normalized spacial score (nSPS) is 10.4. The maximum Gasteiger partial charge on any atom is 0.255 e. The molecule has 2 aromatic carbocycles. The summed E-state index contributed by atoms with van der Waals surface area (Å²) in [6.07, 6.45) is 0. The topological polar surface area (TPSA) is 55.1 Å². The maximum atomic E-state index is 13.5. The summed E-state index contributed by atoms with van der Waals surface area (Å²) in [4.78, 5) is 11.8. The van der Waals surface area contributed by atoms with E-state index in [0.717, 1.165) is 12.1 Å². The van der Waals surface area contributed by atoms with E-state index in [9.17, 15) is 18.0 Å². The van der Waals surface area contributed by atoms with E-state index < -0.39 is 23.4 Å². The summed E-state index contributed by atoms with van der Waals surface area (Å²) in [6.45, 7) is 0. The van der Waals surface area contributed by atoms with E-state index in [1.807, 2.05) is 0 Å². The minimum absolute atomic E-state index is 0.00214. The number of carbonyl (C=O) groups is 1. The molecule has 0 aliphatic rings. The third-order valence-corrected chi connectivity index (χ3v) is 3.13. The largest absolute Gasteiger partial charge is 0.396 e. The van der Waals surface area contributed by atoms with E-state index in [1.165, 1.54) is 12.1 Å². The maximum absolute atomic E-state index is 13.5. The third-order valence-electron chi connectivity index (χ3n) is 2.52. The van der Waals surface area contributed by atoms with Crippen LogP contribution in [0.5, 0.6) is 0 Å². The van der Waals surface area contributed by atoms with Gasteiger partial charge in [-0.25, -0.2) is 13.2 Å². The van der Waals surface area contributed by atoms with Crippen molar-refractivity contribution in [3.8, 4) is 0 Å². The first kappa shape index (κ1) is 14.4. The number of amides is 1. The lowest BCUT2D eigenvalue weighted by atomic mass is 10.2. The number of carbonyl (C=O) groups excluding carboxylic acids is 1. The fourth-order valence-electron chi connectivity index (χ4n) is 1.48. The number of hydrogen-bond acceptors (Lipinski definition) is 2. The highest BCUT2D eigenvalue weighted by molar-refractivity contribution is 9.10. The van der Waals surface area contributed by atoms with Gasteiger partial charge in [0.25, 0.3) is 5.91 Å². The fourth-order valence-corrected chi connectivity index (χ4v) is 1.82. The molecule has 7 heteroatoms. The van der Waals surface area contributed by atoms with Crippen molar-refractivity contribution >= 4 is 33.2 Å². The number of halogens is 4. The predicted octanol–water partition coefficient (Wildman–Crippen LogP) is 3.70. The van der Waals surface area contributed by atoms with Gasteiger partial charge in [0.1, 0.15) is 17.5 Å². The number of nitrogens with one attached hydrogen (secondary N) is 1. The SMILES string of the molecule is Nc1ccc(C(=O)Nc2cc(Br)c(F)cc2F)cc1F. The second-order valence-corrected chi connectivity index (χ2v) is 4.79. The lowest BCUT2D eigenvalue weighted by Gasteiger charge is -2.08. The first-order chi connectivity index (χ1) is 9.38. The molecule has 0 bridgehead atoms. The summed E-state index contributed by atoms with van der Waals surface area (Å²) in [5, 5.41) is 2.22. The molecule has 0 aromatic heterocycles. The van der Waals surface area contributed by atoms with Gasteiger partial charge in [0, 0.05) is 11.6 Å². The Bertz CT molecular complexity index is 692. The summed E-state index contributed by atoms with van der Waals surface area (Å²) in [7, 11) is 0. The summed E-state index contributed by atoms with van der Waals surface area (Å²) in [6, 6.07) is 5.16. The second kappa shape index (κ2) is 5.54. The molecule has 1 amide bonds. The summed E-state index contributed by atoms with van der Waals surface area (Å²) < 4.78 is 39.8. The van der Waals surface area contributed by atoms with Crippen LogP contribution < -0.4 is 11.1 Å². The average Bonchev–Trinajstić information content (AvgIpc) is 2.39. The minimum atomic E-state index is -0.935. The highest BCUT2D eigenvalue weighted by Gasteiger charge is 2.13. The van der Waals surface area contributed by atoms with E-state index in [-0.39, 0.29) is 21.4 Å². The molecule has 0 saturated heterocycles. The smallest absolute Gasteiger partial charge is 0.255 e. The van der Waals surface area contributed by atoms with E-state index in [2.05, 4.69) is 21.2 Å². The molecule has 3 N–H and O–H groups in total. The third kappa shape index (κ3) is 2.93. The molecule has 2 rings (SSSR count). The van der Waals surface area contributed by atoms with Crippen molar-refractivity contribution in [2.45, 2.75) is 0 Å². The van der Waals surface area contributed by atoms with E-state index in [1.54, 1.807) is 0 Å². The van der Waals surface area contributed by atoms with Crippen LogP contribution in [0.4, 0.5) is 24.5 Å². The lowest BCUT2D eigenvalue weighted by molar-refractivity contribution is 0.102. The number of anilines is 2. The summed E-state index contributed by atoms with van der Waals surface area (Å²) in [5.41, 5.74) is 4.93. The van der Waals surface area contributed by atoms with Gasteiger partial charge in [-0.15, -0.1) is 0 Å². The van der Waals surface area contributed by atoms with Gasteiger partial charge in [0.2, 0.25) is 0 Å². The number of rotatable bonds is 2. The summed E-state index contributed by atoms with van der Waals surface area (Å²) >= 11 is 2.88. The van der Waals surface area contributed by atoms with Gasteiger partial charge < -0.3 is 11.1 Å². The van der Waals surface area contributed by atoms with Crippen LogP contribution in [0.3, 0.4) is 0 Å². The zero-order valence-electron chi connectivity index (χ0n) is 9.88. The van der Waals surface area contributed by atoms with Gasteiger partial charge in [0.15, 0.2) is 0 Å². The fraction of sp³-hybridized carbons (Fsp3) is 0. The van der Waals surface area contributed by atoms with Crippen LogP contribution in [0.1, 0.15) is 10.4 Å². The Balaban J connectivity index is 2.27. The molecule has 20 heavy (non-hydrogen) atoms. The molecule has 3 nitrogen and oxygen atoms in total. The van der Waals surface area contributed by atoms with Crippen molar-refractivity contribution in [3.63, 3.8) is 0 Å². The standard InChI is InChI=1S/C13H8BrF3N2O/c14-7-4-12(10(17)5-8(7)15)19-13(20)6-1-2-11(18)9(16)3-6/h1-5H,18H2,(H,19,20). The molecule has 0 spiro atoms. The molecule has 0 unspecified atom stereocenters. The van der Waals surface area contributed by atoms with Crippen LogP contribution in [-0.2, 0) is 0 Å². The lowest BCUT2D eigenvalue weighted by Crippen LogP contribution is -2.13. The monoisotopic (exact) mass is 344 g/mol. The Morgan fingerprint density at radius 1 is 1.05 bits per heavy atom. The summed E-state index contributed by atoms with van der Waals surface area (Å²) in [5.74, 6) is -3.21. The molecular weight excluding hydrogens is 337 g/mol. The van der Waals surface area contributed by atoms with Gasteiger partial charge in [0.05, 0.1) is 15.8 Å².